The average molecular weight is 455 g/mol. The Balaban J connectivity index is 1.47. The molecule has 2 aliphatic rings. The number of pyridine rings is 1. The van der Waals surface area contributed by atoms with E-state index in [0.717, 1.165) is 35.6 Å². The van der Waals surface area contributed by atoms with Crippen molar-refractivity contribution in [1.29, 1.82) is 0 Å². The summed E-state index contributed by atoms with van der Waals surface area (Å²) in [5.41, 5.74) is 2.24. The standard InChI is InChI=1S/C24H23FN2O4S/c1-31-20-6-2-17(3-7-20)22-10-11-23-18-12-16(14-27(23)24(22)28)13-26(15-18)32(29,30)21-8-4-19(25)5-9-21/h2-11,16,18H,12-15H2,1H3/t16-,18+/m0/s1. The minimum atomic E-state index is -3.72. The first kappa shape index (κ1) is 20.9. The number of sulfonamides is 1. The maximum Gasteiger partial charge on any atom is 0.258 e. The molecular formula is C24H23FN2O4S. The molecule has 0 saturated carbocycles. The van der Waals surface area contributed by atoms with Crippen molar-refractivity contribution in [3.8, 4) is 16.9 Å². The van der Waals surface area contributed by atoms with Gasteiger partial charge in [0.2, 0.25) is 10.0 Å². The van der Waals surface area contributed by atoms with Gasteiger partial charge in [0.25, 0.3) is 5.56 Å². The first-order valence-corrected chi connectivity index (χ1v) is 11.9. The van der Waals surface area contributed by atoms with Crippen LogP contribution in [-0.4, -0.2) is 37.5 Å². The van der Waals surface area contributed by atoms with Crippen molar-refractivity contribution in [3.05, 3.63) is 82.5 Å². The molecule has 0 aliphatic carbocycles. The molecular weight excluding hydrogens is 431 g/mol. The molecule has 5 rings (SSSR count). The minimum Gasteiger partial charge on any atom is -0.497 e. The summed E-state index contributed by atoms with van der Waals surface area (Å²) in [4.78, 5) is 13.4. The smallest absolute Gasteiger partial charge is 0.258 e. The lowest BCUT2D eigenvalue weighted by atomic mass is 9.84. The fourth-order valence-corrected chi connectivity index (χ4v) is 6.41. The molecule has 166 valence electrons. The van der Waals surface area contributed by atoms with Crippen LogP contribution in [0.15, 0.2) is 70.4 Å². The van der Waals surface area contributed by atoms with Gasteiger partial charge in [-0.05, 0) is 66.4 Å². The number of benzene rings is 2. The molecule has 0 radical (unpaired) electrons. The molecule has 6 nitrogen and oxygen atoms in total. The largest absolute Gasteiger partial charge is 0.497 e. The van der Waals surface area contributed by atoms with Crippen molar-refractivity contribution < 1.29 is 17.5 Å². The number of fused-ring (bicyclic) bond motifs is 4. The summed E-state index contributed by atoms with van der Waals surface area (Å²) >= 11 is 0. The second-order valence-electron chi connectivity index (χ2n) is 8.39. The quantitative estimate of drug-likeness (QED) is 0.605. The van der Waals surface area contributed by atoms with Gasteiger partial charge in [-0.15, -0.1) is 0 Å². The lowest BCUT2D eigenvalue weighted by molar-refractivity contribution is 0.186. The SMILES string of the molecule is COc1ccc(-c2ccc3n(c2=O)C[C@H]2C[C@@H]3CN(S(=O)(=O)c3ccc(F)cc3)C2)cc1. The van der Waals surface area contributed by atoms with Crippen LogP contribution >= 0.6 is 0 Å². The van der Waals surface area contributed by atoms with Gasteiger partial charge in [0.05, 0.1) is 12.0 Å². The third-order valence-electron chi connectivity index (χ3n) is 6.42. The highest BCUT2D eigenvalue weighted by Crippen LogP contribution is 2.38. The van der Waals surface area contributed by atoms with Gasteiger partial charge in [0, 0.05) is 36.8 Å². The summed E-state index contributed by atoms with van der Waals surface area (Å²) in [5.74, 6) is 0.236. The molecule has 32 heavy (non-hydrogen) atoms. The van der Waals surface area contributed by atoms with Crippen molar-refractivity contribution in [3.63, 3.8) is 0 Å². The molecule has 0 amide bonds. The zero-order chi connectivity index (χ0) is 22.5. The zero-order valence-electron chi connectivity index (χ0n) is 17.6. The monoisotopic (exact) mass is 454 g/mol. The predicted octanol–water partition coefficient (Wildman–Crippen LogP) is 3.47. The number of piperidine rings is 1. The summed E-state index contributed by atoms with van der Waals surface area (Å²) in [6.07, 6.45) is 0.844. The van der Waals surface area contributed by atoms with Gasteiger partial charge in [0.15, 0.2) is 0 Å². The molecule has 0 N–H and O–H groups in total. The molecule has 2 atom stereocenters. The molecule has 2 bridgehead atoms. The molecule has 2 aromatic carbocycles. The van der Waals surface area contributed by atoms with Gasteiger partial charge in [-0.25, -0.2) is 12.8 Å². The lowest BCUT2D eigenvalue weighted by Crippen LogP contribution is -2.49. The van der Waals surface area contributed by atoms with E-state index in [1.165, 1.54) is 16.4 Å². The lowest BCUT2D eigenvalue weighted by Gasteiger charge is -2.42. The van der Waals surface area contributed by atoms with E-state index in [1.807, 2.05) is 36.4 Å². The minimum absolute atomic E-state index is 0.0419. The van der Waals surface area contributed by atoms with E-state index in [4.69, 9.17) is 4.74 Å². The number of rotatable bonds is 4. The van der Waals surface area contributed by atoms with Crippen LogP contribution in [0.1, 0.15) is 18.0 Å². The van der Waals surface area contributed by atoms with Crippen LogP contribution in [0, 0.1) is 11.7 Å². The van der Waals surface area contributed by atoms with E-state index in [-0.39, 0.29) is 22.3 Å². The molecule has 3 aromatic rings. The fourth-order valence-electron chi connectivity index (χ4n) is 4.84. The number of methoxy groups -OCH3 is 1. The van der Waals surface area contributed by atoms with Gasteiger partial charge in [0.1, 0.15) is 11.6 Å². The summed E-state index contributed by atoms with van der Waals surface area (Å²) in [6.45, 7) is 1.12. The number of nitrogens with zero attached hydrogens (tertiary/aromatic N) is 2. The zero-order valence-corrected chi connectivity index (χ0v) is 18.4. The van der Waals surface area contributed by atoms with Crippen molar-refractivity contribution >= 4 is 10.0 Å². The molecule has 1 saturated heterocycles. The third-order valence-corrected chi connectivity index (χ3v) is 8.27. The van der Waals surface area contributed by atoms with Crippen molar-refractivity contribution in [2.75, 3.05) is 20.2 Å². The van der Waals surface area contributed by atoms with Crippen LogP contribution in [-0.2, 0) is 16.6 Å². The second-order valence-corrected chi connectivity index (χ2v) is 10.3. The van der Waals surface area contributed by atoms with E-state index >= 15 is 0 Å². The Hall–Kier alpha value is -2.97. The van der Waals surface area contributed by atoms with E-state index in [2.05, 4.69) is 0 Å². The number of aromatic nitrogens is 1. The molecule has 2 aliphatic heterocycles. The van der Waals surface area contributed by atoms with E-state index in [0.29, 0.717) is 25.2 Å². The Labute approximate surface area is 185 Å². The van der Waals surface area contributed by atoms with Gasteiger partial charge < -0.3 is 9.30 Å². The number of ether oxygens (including phenoxy) is 1. The van der Waals surface area contributed by atoms with Crippen LogP contribution in [0.3, 0.4) is 0 Å². The number of hydrogen-bond donors (Lipinski definition) is 0. The fraction of sp³-hybridized carbons (Fsp3) is 0.292. The maximum atomic E-state index is 13.3. The third kappa shape index (κ3) is 3.53. The van der Waals surface area contributed by atoms with Crippen LogP contribution < -0.4 is 10.3 Å². The van der Waals surface area contributed by atoms with Gasteiger partial charge in [-0.2, -0.15) is 4.31 Å². The highest BCUT2D eigenvalue weighted by Gasteiger charge is 2.39. The Morgan fingerprint density at radius 1 is 0.938 bits per heavy atom. The summed E-state index contributed by atoms with van der Waals surface area (Å²) in [7, 11) is -2.13. The molecule has 1 aromatic heterocycles. The Morgan fingerprint density at radius 3 is 2.34 bits per heavy atom. The van der Waals surface area contributed by atoms with Crippen LogP contribution in [0.5, 0.6) is 5.75 Å². The Bertz CT molecular complexity index is 1320. The average Bonchev–Trinajstić information content (AvgIpc) is 2.80. The summed E-state index contributed by atoms with van der Waals surface area (Å²) in [6, 6.07) is 16.1. The first-order chi connectivity index (χ1) is 15.4. The van der Waals surface area contributed by atoms with Crippen LogP contribution in [0.2, 0.25) is 0 Å². The molecule has 1 fully saturated rings. The van der Waals surface area contributed by atoms with Crippen LogP contribution in [0.4, 0.5) is 4.39 Å². The normalized spacial score (nSPS) is 20.6. The number of hydrogen-bond acceptors (Lipinski definition) is 4. The van der Waals surface area contributed by atoms with Crippen molar-refractivity contribution in [2.45, 2.75) is 23.8 Å². The maximum absolute atomic E-state index is 13.3. The highest BCUT2D eigenvalue weighted by molar-refractivity contribution is 7.89. The predicted molar refractivity (Wildman–Crippen MR) is 119 cm³/mol. The van der Waals surface area contributed by atoms with Crippen molar-refractivity contribution in [1.82, 2.24) is 8.87 Å². The van der Waals surface area contributed by atoms with Gasteiger partial charge in [-0.1, -0.05) is 12.1 Å². The molecule has 3 heterocycles. The topological polar surface area (TPSA) is 68.6 Å². The first-order valence-electron chi connectivity index (χ1n) is 10.5. The van der Waals surface area contributed by atoms with Gasteiger partial charge in [-0.3, -0.25) is 4.79 Å². The van der Waals surface area contributed by atoms with Gasteiger partial charge >= 0.3 is 0 Å². The summed E-state index contributed by atoms with van der Waals surface area (Å²) < 4.78 is 48.0. The van der Waals surface area contributed by atoms with E-state index in [9.17, 15) is 17.6 Å². The van der Waals surface area contributed by atoms with E-state index < -0.39 is 15.8 Å². The summed E-state index contributed by atoms with van der Waals surface area (Å²) in [5, 5.41) is 0. The van der Waals surface area contributed by atoms with E-state index in [1.54, 1.807) is 11.7 Å². The number of halogens is 1. The second kappa shape index (κ2) is 7.86. The molecule has 0 spiro atoms. The highest BCUT2D eigenvalue weighted by atomic mass is 32.2. The molecule has 8 heteroatoms. The van der Waals surface area contributed by atoms with Crippen LogP contribution in [0.25, 0.3) is 11.1 Å². The van der Waals surface area contributed by atoms with Crippen molar-refractivity contribution in [2.24, 2.45) is 5.92 Å². The molecule has 0 unspecified atom stereocenters. The Kier molecular flexibility index (Phi) is 5.14. The Morgan fingerprint density at radius 2 is 1.66 bits per heavy atom.